The zero-order valence-corrected chi connectivity index (χ0v) is 14.5. The molecular weight excluding hydrogens is 295 g/mol. The van der Waals surface area contributed by atoms with Gasteiger partial charge in [0, 0.05) is 22.7 Å². The number of carbonyl (C=O) groups is 1. The van der Waals surface area contributed by atoms with Gasteiger partial charge in [0.25, 0.3) is 5.91 Å². The molecule has 0 heterocycles. The van der Waals surface area contributed by atoms with Crippen molar-refractivity contribution < 1.29 is 13.9 Å². The second kappa shape index (κ2) is 8.11. The van der Waals surface area contributed by atoms with Gasteiger partial charge in [-0.25, -0.2) is 4.39 Å². The number of halogens is 1. The molecule has 5 heteroatoms. The highest BCUT2D eigenvalue weighted by atomic mass is 19.1. The maximum atomic E-state index is 12.9. The Balaban J connectivity index is 2.66. The van der Waals surface area contributed by atoms with Crippen molar-refractivity contribution in [2.24, 2.45) is 11.7 Å². The number of nitrogens with one attached hydrogen (secondary N) is 1. The van der Waals surface area contributed by atoms with Crippen molar-refractivity contribution in [3.63, 3.8) is 0 Å². The molecule has 0 aliphatic carbocycles. The average molecular weight is 322 g/mol. The Bertz CT molecular complexity index is 545. The number of nitrogens with two attached hydrogens (primary N) is 1. The molecule has 0 fully saturated rings. The van der Waals surface area contributed by atoms with Crippen molar-refractivity contribution in [3.05, 3.63) is 41.7 Å². The molecule has 128 valence electrons. The molecule has 0 aromatic heterocycles. The van der Waals surface area contributed by atoms with Crippen molar-refractivity contribution in [2.75, 3.05) is 6.61 Å². The molecular formula is C18H27FN2O2. The van der Waals surface area contributed by atoms with Crippen LogP contribution < -0.4 is 15.8 Å². The van der Waals surface area contributed by atoms with Crippen LogP contribution >= 0.6 is 0 Å². The van der Waals surface area contributed by atoms with Crippen molar-refractivity contribution in [3.8, 4) is 5.75 Å². The summed E-state index contributed by atoms with van der Waals surface area (Å²) in [5.74, 6) is 0.548. The lowest BCUT2D eigenvalue weighted by molar-refractivity contribution is 0.0919. The highest BCUT2D eigenvalue weighted by Gasteiger charge is 2.16. The second-order valence-electron chi connectivity index (χ2n) is 6.97. The van der Waals surface area contributed by atoms with Gasteiger partial charge in [0.05, 0.1) is 6.33 Å². The van der Waals surface area contributed by atoms with Crippen molar-refractivity contribution >= 4 is 5.91 Å². The van der Waals surface area contributed by atoms with Crippen LogP contribution in [-0.2, 0) is 0 Å². The molecule has 0 saturated carbocycles. The summed E-state index contributed by atoms with van der Waals surface area (Å²) in [5.41, 5.74) is 6.59. The zero-order valence-electron chi connectivity index (χ0n) is 14.5. The summed E-state index contributed by atoms with van der Waals surface area (Å²) in [6.07, 6.45) is 0.510. The average Bonchev–Trinajstić information content (AvgIpc) is 2.46. The molecule has 1 atom stereocenters. The third kappa shape index (κ3) is 6.40. The number of hydrogen-bond donors (Lipinski definition) is 2. The molecule has 1 aromatic carbocycles. The highest BCUT2D eigenvalue weighted by Crippen LogP contribution is 2.16. The van der Waals surface area contributed by atoms with E-state index >= 15 is 0 Å². The standard InChI is InChI=1S/C18H27FN2O2/c1-12(2)16(20)14(10-19)11-23-15-8-6-13(7-9-15)17(22)21-18(3,4)5/h6-10,12,16H,11,20H2,1-5H3,(H,21,22)/b14-10+/t16-/m0/s1. The SMILES string of the molecule is CC(C)[C@H](N)/C(=C/F)COc1ccc(C(=O)NC(C)(C)C)cc1. The summed E-state index contributed by atoms with van der Waals surface area (Å²) in [7, 11) is 0. The molecule has 0 aliphatic heterocycles. The van der Waals surface area contributed by atoms with Crippen LogP contribution in [0.2, 0.25) is 0 Å². The van der Waals surface area contributed by atoms with Crippen LogP contribution in [0.25, 0.3) is 0 Å². The lowest BCUT2D eigenvalue weighted by atomic mass is 9.98. The Morgan fingerprint density at radius 1 is 1.30 bits per heavy atom. The molecule has 0 bridgehead atoms. The molecule has 0 aliphatic rings. The van der Waals surface area contributed by atoms with Crippen LogP contribution in [0, 0.1) is 5.92 Å². The van der Waals surface area contributed by atoms with Crippen LogP contribution in [-0.4, -0.2) is 24.1 Å². The number of carbonyl (C=O) groups excluding carboxylic acids is 1. The molecule has 0 spiro atoms. The van der Waals surface area contributed by atoms with Crippen LogP contribution in [0.3, 0.4) is 0 Å². The van der Waals surface area contributed by atoms with Gasteiger partial charge < -0.3 is 15.8 Å². The molecule has 1 amide bonds. The van der Waals surface area contributed by atoms with Gasteiger partial charge in [0.1, 0.15) is 12.4 Å². The fraction of sp³-hybridized carbons (Fsp3) is 0.500. The Kier molecular flexibility index (Phi) is 6.76. The van der Waals surface area contributed by atoms with Gasteiger partial charge in [-0.2, -0.15) is 0 Å². The van der Waals surface area contributed by atoms with Crippen LogP contribution in [0.4, 0.5) is 4.39 Å². The normalized spacial score (nSPS) is 13.8. The highest BCUT2D eigenvalue weighted by molar-refractivity contribution is 5.94. The first kappa shape index (κ1) is 19.2. The zero-order chi connectivity index (χ0) is 17.6. The monoisotopic (exact) mass is 322 g/mol. The van der Waals surface area contributed by atoms with Gasteiger partial charge in [-0.1, -0.05) is 13.8 Å². The third-order valence-corrected chi connectivity index (χ3v) is 3.30. The number of amides is 1. The predicted octanol–water partition coefficient (Wildman–Crippen LogP) is 3.43. The number of hydrogen-bond acceptors (Lipinski definition) is 3. The lowest BCUT2D eigenvalue weighted by Crippen LogP contribution is -2.40. The van der Waals surface area contributed by atoms with Crippen molar-refractivity contribution in [2.45, 2.75) is 46.2 Å². The molecule has 0 radical (unpaired) electrons. The molecule has 1 rings (SSSR count). The lowest BCUT2D eigenvalue weighted by Gasteiger charge is -2.20. The largest absolute Gasteiger partial charge is 0.489 e. The molecule has 1 aromatic rings. The maximum absolute atomic E-state index is 12.9. The van der Waals surface area contributed by atoms with Crippen LogP contribution in [0.1, 0.15) is 45.0 Å². The maximum Gasteiger partial charge on any atom is 0.251 e. The first-order valence-corrected chi connectivity index (χ1v) is 7.74. The van der Waals surface area contributed by atoms with Crippen molar-refractivity contribution in [1.82, 2.24) is 5.32 Å². The minimum atomic E-state index is -0.378. The van der Waals surface area contributed by atoms with Gasteiger partial charge in [0.15, 0.2) is 0 Å². The summed E-state index contributed by atoms with van der Waals surface area (Å²) in [5, 5.41) is 2.89. The van der Waals surface area contributed by atoms with Crippen LogP contribution in [0.15, 0.2) is 36.2 Å². The molecule has 0 unspecified atom stereocenters. The van der Waals surface area contributed by atoms with E-state index in [4.69, 9.17) is 10.5 Å². The quantitative estimate of drug-likeness (QED) is 0.843. The Morgan fingerprint density at radius 3 is 2.30 bits per heavy atom. The number of ether oxygens (including phenoxy) is 1. The van der Waals surface area contributed by atoms with E-state index in [0.29, 0.717) is 23.2 Å². The summed E-state index contributed by atoms with van der Waals surface area (Å²) < 4.78 is 18.5. The van der Waals surface area contributed by atoms with Gasteiger partial charge >= 0.3 is 0 Å². The van der Waals surface area contributed by atoms with E-state index in [1.807, 2.05) is 34.6 Å². The van der Waals surface area contributed by atoms with E-state index in [0.717, 1.165) is 0 Å². The number of rotatable bonds is 6. The Morgan fingerprint density at radius 2 is 1.87 bits per heavy atom. The first-order valence-electron chi connectivity index (χ1n) is 7.74. The van der Waals surface area contributed by atoms with Crippen molar-refractivity contribution in [1.29, 1.82) is 0 Å². The van der Waals surface area contributed by atoms with E-state index < -0.39 is 0 Å². The smallest absolute Gasteiger partial charge is 0.251 e. The molecule has 4 nitrogen and oxygen atoms in total. The minimum Gasteiger partial charge on any atom is -0.489 e. The van der Waals surface area contributed by atoms with Gasteiger partial charge in [-0.05, 0) is 51.0 Å². The van der Waals surface area contributed by atoms with E-state index in [-0.39, 0.29) is 30.0 Å². The second-order valence-corrected chi connectivity index (χ2v) is 6.97. The summed E-state index contributed by atoms with van der Waals surface area (Å²) in [4.78, 5) is 12.0. The van der Waals surface area contributed by atoms with E-state index in [9.17, 15) is 9.18 Å². The predicted molar refractivity (Wildman–Crippen MR) is 91.2 cm³/mol. The topological polar surface area (TPSA) is 64.3 Å². The van der Waals surface area contributed by atoms with E-state index in [1.54, 1.807) is 24.3 Å². The fourth-order valence-corrected chi connectivity index (χ4v) is 1.91. The van der Waals surface area contributed by atoms with Gasteiger partial charge in [-0.3, -0.25) is 4.79 Å². The molecule has 23 heavy (non-hydrogen) atoms. The molecule has 0 saturated heterocycles. The van der Waals surface area contributed by atoms with E-state index in [1.165, 1.54) is 0 Å². The van der Waals surface area contributed by atoms with Crippen LogP contribution in [0.5, 0.6) is 5.75 Å². The fourth-order valence-electron chi connectivity index (χ4n) is 1.91. The van der Waals surface area contributed by atoms with E-state index in [2.05, 4.69) is 5.32 Å². The number of benzene rings is 1. The van der Waals surface area contributed by atoms with Gasteiger partial charge in [-0.15, -0.1) is 0 Å². The summed E-state index contributed by atoms with van der Waals surface area (Å²) in [6, 6.07) is 6.36. The first-order chi connectivity index (χ1) is 10.6. The minimum absolute atomic E-state index is 0.0867. The summed E-state index contributed by atoms with van der Waals surface area (Å²) >= 11 is 0. The Hall–Kier alpha value is -1.88. The van der Waals surface area contributed by atoms with Gasteiger partial charge in [0.2, 0.25) is 0 Å². The Labute approximate surface area is 137 Å². The molecule has 3 N–H and O–H groups in total. The summed E-state index contributed by atoms with van der Waals surface area (Å²) in [6.45, 7) is 9.71. The third-order valence-electron chi connectivity index (χ3n) is 3.30.